The Morgan fingerprint density at radius 3 is 2.35 bits per heavy atom. The van der Waals surface area contributed by atoms with Gasteiger partial charge in [0.25, 0.3) is 5.91 Å². The van der Waals surface area contributed by atoms with Crippen molar-refractivity contribution < 1.29 is 9.59 Å². The van der Waals surface area contributed by atoms with Gasteiger partial charge in [-0.3, -0.25) is 9.59 Å². The lowest BCUT2D eigenvalue weighted by Gasteiger charge is -2.08. The van der Waals surface area contributed by atoms with E-state index in [1.54, 1.807) is 35.1 Å². The van der Waals surface area contributed by atoms with E-state index in [9.17, 15) is 9.59 Å². The molecule has 0 radical (unpaired) electrons. The maximum Gasteiger partial charge on any atom is 0.259 e. The molecular weight excluding hydrogens is 396 g/mol. The van der Waals surface area contributed by atoms with Crippen LogP contribution in [0.15, 0.2) is 59.2 Å². The van der Waals surface area contributed by atoms with E-state index in [4.69, 9.17) is 0 Å². The van der Waals surface area contributed by atoms with E-state index in [0.717, 1.165) is 15.9 Å². The van der Waals surface area contributed by atoms with Crippen molar-refractivity contribution in [2.45, 2.75) is 13.8 Å². The third-order valence-electron chi connectivity index (χ3n) is 3.77. The Morgan fingerprint density at radius 1 is 1.04 bits per heavy atom. The zero-order chi connectivity index (χ0) is 18.7. The summed E-state index contributed by atoms with van der Waals surface area (Å²) in [6.45, 7) is 3.28. The highest BCUT2D eigenvalue weighted by Crippen LogP contribution is 2.20. The van der Waals surface area contributed by atoms with Gasteiger partial charge in [-0.2, -0.15) is 5.10 Å². The Balaban J connectivity index is 1.81. The largest absolute Gasteiger partial charge is 0.326 e. The van der Waals surface area contributed by atoms with Crippen LogP contribution < -0.4 is 10.6 Å². The highest BCUT2D eigenvalue weighted by molar-refractivity contribution is 9.10. The first-order valence-corrected chi connectivity index (χ1v) is 8.73. The molecular formula is C19H17BrN4O2. The minimum absolute atomic E-state index is 0.167. The molecule has 0 spiro atoms. The molecule has 26 heavy (non-hydrogen) atoms. The molecule has 1 aromatic heterocycles. The number of carbonyl (C=O) groups is 2. The molecule has 132 valence electrons. The summed E-state index contributed by atoms with van der Waals surface area (Å²) >= 11 is 3.40. The molecule has 0 bridgehead atoms. The van der Waals surface area contributed by atoms with Crippen LogP contribution in [0.2, 0.25) is 0 Å². The van der Waals surface area contributed by atoms with Crippen molar-refractivity contribution in [1.29, 1.82) is 0 Å². The lowest BCUT2D eigenvalue weighted by molar-refractivity contribution is -0.114. The van der Waals surface area contributed by atoms with Crippen LogP contribution in [-0.4, -0.2) is 21.6 Å². The van der Waals surface area contributed by atoms with Gasteiger partial charge in [0, 0.05) is 22.8 Å². The number of aromatic nitrogens is 2. The summed E-state index contributed by atoms with van der Waals surface area (Å²) < 4.78 is 2.69. The van der Waals surface area contributed by atoms with Crippen LogP contribution in [0.1, 0.15) is 23.0 Å². The van der Waals surface area contributed by atoms with Gasteiger partial charge in [-0.15, -0.1) is 0 Å². The van der Waals surface area contributed by atoms with E-state index in [0.29, 0.717) is 16.9 Å². The summed E-state index contributed by atoms with van der Waals surface area (Å²) in [7, 11) is 0. The molecule has 0 aliphatic carbocycles. The summed E-state index contributed by atoms with van der Waals surface area (Å²) in [5, 5.41) is 9.84. The van der Waals surface area contributed by atoms with Gasteiger partial charge in [-0.1, -0.05) is 22.0 Å². The van der Waals surface area contributed by atoms with Crippen molar-refractivity contribution >= 4 is 39.1 Å². The molecule has 0 atom stereocenters. The average Bonchev–Trinajstić information content (AvgIpc) is 2.97. The van der Waals surface area contributed by atoms with Crippen molar-refractivity contribution in [3.63, 3.8) is 0 Å². The van der Waals surface area contributed by atoms with Gasteiger partial charge in [0.1, 0.15) is 0 Å². The van der Waals surface area contributed by atoms with Crippen LogP contribution in [0.4, 0.5) is 11.4 Å². The Morgan fingerprint density at radius 2 is 1.69 bits per heavy atom. The molecule has 2 N–H and O–H groups in total. The van der Waals surface area contributed by atoms with Crippen LogP contribution in [0.25, 0.3) is 5.69 Å². The van der Waals surface area contributed by atoms with Gasteiger partial charge in [0.05, 0.1) is 23.1 Å². The van der Waals surface area contributed by atoms with Gasteiger partial charge >= 0.3 is 0 Å². The number of halogens is 1. The molecule has 0 unspecified atom stereocenters. The number of nitrogens with zero attached hydrogens (tertiary/aromatic N) is 2. The normalized spacial score (nSPS) is 10.4. The van der Waals surface area contributed by atoms with Crippen molar-refractivity contribution in [1.82, 2.24) is 9.78 Å². The number of nitrogens with one attached hydrogen (secondary N) is 2. The number of benzene rings is 2. The second-order valence-electron chi connectivity index (χ2n) is 5.75. The minimum Gasteiger partial charge on any atom is -0.326 e. The van der Waals surface area contributed by atoms with Crippen molar-refractivity contribution in [3.05, 3.63) is 70.5 Å². The lowest BCUT2D eigenvalue weighted by atomic mass is 10.2. The van der Waals surface area contributed by atoms with E-state index in [1.165, 1.54) is 6.92 Å². The van der Waals surface area contributed by atoms with E-state index < -0.39 is 0 Å². The van der Waals surface area contributed by atoms with Gasteiger partial charge in [-0.25, -0.2) is 4.68 Å². The monoisotopic (exact) mass is 412 g/mol. The second kappa shape index (κ2) is 7.53. The van der Waals surface area contributed by atoms with Crippen LogP contribution in [0.5, 0.6) is 0 Å². The van der Waals surface area contributed by atoms with Crippen LogP contribution >= 0.6 is 15.9 Å². The summed E-state index contributed by atoms with van der Waals surface area (Å²) in [4.78, 5) is 23.8. The number of anilines is 2. The van der Waals surface area contributed by atoms with E-state index in [-0.39, 0.29) is 11.8 Å². The van der Waals surface area contributed by atoms with Crippen LogP contribution in [0.3, 0.4) is 0 Å². The molecule has 0 aliphatic rings. The molecule has 1 heterocycles. The summed E-state index contributed by atoms with van der Waals surface area (Å²) in [6, 6.07) is 14.7. The predicted molar refractivity (Wildman–Crippen MR) is 105 cm³/mol. The standard InChI is InChI=1S/C19H17BrN4O2/c1-12-18(11-21-24(12)17-8-6-14(20)7-9-17)19(26)23-16-5-3-4-15(10-16)22-13(2)25/h3-11H,1-2H3,(H,22,25)(H,23,26). The topological polar surface area (TPSA) is 76.0 Å². The first kappa shape index (κ1) is 17.9. The minimum atomic E-state index is -0.258. The SMILES string of the molecule is CC(=O)Nc1cccc(NC(=O)c2cnn(-c3ccc(Br)cc3)c2C)c1. The third kappa shape index (κ3) is 4.00. The molecule has 2 aromatic carbocycles. The second-order valence-corrected chi connectivity index (χ2v) is 6.66. The molecule has 3 aromatic rings. The molecule has 0 aliphatic heterocycles. The fraction of sp³-hybridized carbons (Fsp3) is 0.105. The van der Waals surface area contributed by atoms with Crippen molar-refractivity contribution in [2.24, 2.45) is 0 Å². The Kier molecular flexibility index (Phi) is 5.18. The zero-order valence-corrected chi connectivity index (χ0v) is 15.9. The summed E-state index contributed by atoms with van der Waals surface area (Å²) in [5.74, 6) is -0.425. The molecule has 2 amide bonds. The molecule has 6 nitrogen and oxygen atoms in total. The van der Waals surface area contributed by atoms with Gasteiger partial charge < -0.3 is 10.6 Å². The van der Waals surface area contributed by atoms with Gasteiger partial charge in [-0.05, 0) is 49.4 Å². The van der Waals surface area contributed by atoms with Gasteiger partial charge in [0.15, 0.2) is 0 Å². The molecule has 0 saturated heterocycles. The number of amides is 2. The van der Waals surface area contributed by atoms with Crippen molar-refractivity contribution in [3.8, 4) is 5.69 Å². The highest BCUT2D eigenvalue weighted by atomic mass is 79.9. The summed E-state index contributed by atoms with van der Waals surface area (Å²) in [5.41, 5.74) is 3.31. The molecule has 0 saturated carbocycles. The Bertz CT molecular complexity index is 964. The van der Waals surface area contributed by atoms with Gasteiger partial charge in [0.2, 0.25) is 5.91 Å². The average molecular weight is 413 g/mol. The summed E-state index contributed by atoms with van der Waals surface area (Å²) in [6.07, 6.45) is 1.55. The fourth-order valence-corrected chi connectivity index (χ4v) is 2.82. The van der Waals surface area contributed by atoms with Crippen LogP contribution in [-0.2, 0) is 4.79 Å². The smallest absolute Gasteiger partial charge is 0.259 e. The first-order chi connectivity index (χ1) is 12.4. The zero-order valence-electron chi connectivity index (χ0n) is 14.3. The lowest BCUT2D eigenvalue weighted by Crippen LogP contribution is -2.13. The quantitative estimate of drug-likeness (QED) is 0.675. The number of hydrogen-bond acceptors (Lipinski definition) is 3. The van der Waals surface area contributed by atoms with Crippen molar-refractivity contribution in [2.75, 3.05) is 10.6 Å². The predicted octanol–water partition coefficient (Wildman–Crippen LogP) is 4.15. The van der Waals surface area contributed by atoms with E-state index in [2.05, 4.69) is 31.7 Å². The third-order valence-corrected chi connectivity index (χ3v) is 4.30. The molecule has 0 fully saturated rings. The van der Waals surface area contributed by atoms with Crippen LogP contribution in [0, 0.1) is 6.92 Å². The molecule has 7 heteroatoms. The Labute approximate surface area is 159 Å². The van der Waals surface area contributed by atoms with E-state index in [1.807, 2.05) is 31.2 Å². The molecule has 3 rings (SSSR count). The number of carbonyl (C=O) groups excluding carboxylic acids is 2. The Hall–Kier alpha value is -2.93. The first-order valence-electron chi connectivity index (χ1n) is 7.93. The number of rotatable bonds is 4. The maximum absolute atomic E-state index is 12.6. The van der Waals surface area contributed by atoms with E-state index >= 15 is 0 Å². The fourth-order valence-electron chi connectivity index (χ4n) is 2.55. The highest BCUT2D eigenvalue weighted by Gasteiger charge is 2.15. The number of hydrogen-bond donors (Lipinski definition) is 2. The maximum atomic E-state index is 12.6.